The van der Waals surface area contributed by atoms with E-state index >= 15 is 0 Å². The van der Waals surface area contributed by atoms with Gasteiger partial charge in [0.15, 0.2) is 5.69 Å². The van der Waals surface area contributed by atoms with E-state index in [1.807, 2.05) is 0 Å². The number of nitrogens with zero attached hydrogens (tertiary/aromatic N) is 2. The smallest absolute Gasteiger partial charge is 0.276 e. The maximum absolute atomic E-state index is 13.3. The summed E-state index contributed by atoms with van der Waals surface area (Å²) in [4.78, 5) is 24.8. The summed E-state index contributed by atoms with van der Waals surface area (Å²) in [6, 6.07) is 13.2. The summed E-state index contributed by atoms with van der Waals surface area (Å²) in [5.41, 5.74) is 4.44. The molecule has 2 N–H and O–H groups in total. The van der Waals surface area contributed by atoms with Gasteiger partial charge >= 0.3 is 0 Å². The number of halogens is 1. The van der Waals surface area contributed by atoms with Gasteiger partial charge in [0.2, 0.25) is 5.91 Å². The van der Waals surface area contributed by atoms with Crippen molar-refractivity contribution in [3.63, 3.8) is 0 Å². The van der Waals surface area contributed by atoms with Gasteiger partial charge in [-0.3, -0.25) is 9.59 Å². The van der Waals surface area contributed by atoms with Crippen molar-refractivity contribution >= 4 is 23.2 Å². The number of benzene rings is 2. The second-order valence-corrected chi connectivity index (χ2v) is 7.81. The standard InChI is InChI=1S/C23H21FN4O2/c24-15-6-12-18(13-7-15)28-20-3-1-2-19(20)21(27-28)23(30)26-17-10-8-16(9-11-17)25-22(29)14-4-5-14/h6-14H,1-5H2,(H,25,29)(H,26,30). The van der Waals surface area contributed by atoms with Crippen LogP contribution in [0, 0.1) is 11.7 Å². The van der Waals surface area contributed by atoms with Crippen LogP contribution in [0.25, 0.3) is 5.69 Å². The lowest BCUT2D eigenvalue weighted by atomic mass is 10.2. The van der Waals surface area contributed by atoms with E-state index in [1.54, 1.807) is 41.1 Å². The first-order valence-corrected chi connectivity index (χ1v) is 10.2. The predicted molar refractivity (Wildman–Crippen MR) is 111 cm³/mol. The second kappa shape index (κ2) is 7.40. The van der Waals surface area contributed by atoms with E-state index in [4.69, 9.17) is 0 Å². The number of amides is 2. The molecule has 0 aliphatic heterocycles. The van der Waals surface area contributed by atoms with E-state index in [0.717, 1.165) is 49.0 Å². The average molecular weight is 404 g/mol. The Balaban J connectivity index is 1.34. The van der Waals surface area contributed by atoms with Crippen molar-refractivity contribution in [2.45, 2.75) is 32.1 Å². The summed E-state index contributed by atoms with van der Waals surface area (Å²) >= 11 is 0. The third-order valence-electron chi connectivity index (χ3n) is 5.57. The Bertz CT molecular complexity index is 1120. The van der Waals surface area contributed by atoms with Gasteiger partial charge in [-0.2, -0.15) is 5.10 Å². The molecule has 6 nitrogen and oxygen atoms in total. The van der Waals surface area contributed by atoms with Crippen molar-refractivity contribution in [1.29, 1.82) is 0 Å². The first kappa shape index (κ1) is 18.5. The predicted octanol–water partition coefficient (Wildman–Crippen LogP) is 4.10. The van der Waals surface area contributed by atoms with Gasteiger partial charge in [-0.15, -0.1) is 0 Å². The number of fused-ring (bicyclic) bond motifs is 1. The fourth-order valence-electron chi connectivity index (χ4n) is 3.83. The molecule has 1 heterocycles. The molecular weight excluding hydrogens is 383 g/mol. The van der Waals surface area contributed by atoms with Crippen LogP contribution in [0.2, 0.25) is 0 Å². The lowest BCUT2D eigenvalue weighted by Gasteiger charge is -2.07. The van der Waals surface area contributed by atoms with Crippen LogP contribution in [0.1, 0.15) is 41.0 Å². The maximum Gasteiger partial charge on any atom is 0.276 e. The Morgan fingerprint density at radius 2 is 1.60 bits per heavy atom. The molecule has 3 aromatic rings. The number of carbonyl (C=O) groups excluding carboxylic acids is 2. The molecule has 2 amide bonds. The summed E-state index contributed by atoms with van der Waals surface area (Å²) < 4.78 is 15.0. The summed E-state index contributed by atoms with van der Waals surface area (Å²) in [7, 11) is 0. The van der Waals surface area contributed by atoms with Gasteiger partial charge in [0.05, 0.1) is 5.69 Å². The van der Waals surface area contributed by atoms with Gasteiger partial charge in [-0.1, -0.05) is 0 Å². The number of carbonyl (C=O) groups is 2. The molecule has 30 heavy (non-hydrogen) atoms. The Labute approximate surface area is 173 Å². The highest BCUT2D eigenvalue weighted by molar-refractivity contribution is 6.04. The molecule has 1 saturated carbocycles. The minimum absolute atomic E-state index is 0.0497. The normalized spacial score (nSPS) is 15.0. The highest BCUT2D eigenvalue weighted by Gasteiger charge is 2.29. The molecule has 1 aromatic heterocycles. The average Bonchev–Trinajstić information content (AvgIpc) is 3.38. The van der Waals surface area contributed by atoms with Gasteiger partial charge in [-0.25, -0.2) is 9.07 Å². The van der Waals surface area contributed by atoms with Gasteiger partial charge in [-0.05, 0) is 80.6 Å². The number of anilines is 2. The SMILES string of the molecule is O=C(Nc1ccc(NC(=O)C2CC2)cc1)c1nn(-c2ccc(F)cc2)c2c1CCC2. The molecule has 0 unspecified atom stereocenters. The van der Waals surface area contributed by atoms with E-state index < -0.39 is 0 Å². The van der Waals surface area contributed by atoms with Gasteiger partial charge in [0.1, 0.15) is 5.82 Å². The molecule has 7 heteroatoms. The first-order valence-electron chi connectivity index (χ1n) is 10.2. The molecule has 152 valence electrons. The lowest BCUT2D eigenvalue weighted by Crippen LogP contribution is -2.15. The van der Waals surface area contributed by atoms with Crippen LogP contribution < -0.4 is 10.6 Å². The third kappa shape index (κ3) is 3.58. The van der Waals surface area contributed by atoms with Crippen molar-refractivity contribution in [2.75, 3.05) is 10.6 Å². The molecule has 2 aromatic carbocycles. The third-order valence-corrected chi connectivity index (χ3v) is 5.57. The van der Waals surface area contributed by atoms with Crippen molar-refractivity contribution in [3.8, 4) is 5.69 Å². The van der Waals surface area contributed by atoms with Gasteiger partial charge in [0, 0.05) is 28.6 Å². The Morgan fingerprint density at radius 3 is 2.27 bits per heavy atom. The van der Waals surface area contributed by atoms with Crippen LogP contribution >= 0.6 is 0 Å². The summed E-state index contributed by atoms with van der Waals surface area (Å²) in [6.07, 6.45) is 4.50. The van der Waals surface area contributed by atoms with E-state index in [-0.39, 0.29) is 23.5 Å². The highest BCUT2D eigenvalue weighted by Crippen LogP contribution is 2.31. The Morgan fingerprint density at radius 1 is 0.933 bits per heavy atom. The second-order valence-electron chi connectivity index (χ2n) is 7.81. The molecule has 1 fully saturated rings. The van der Waals surface area contributed by atoms with Crippen LogP contribution in [0.4, 0.5) is 15.8 Å². The van der Waals surface area contributed by atoms with Gasteiger partial charge < -0.3 is 10.6 Å². The Kier molecular flexibility index (Phi) is 4.58. The van der Waals surface area contributed by atoms with Crippen LogP contribution in [-0.2, 0) is 17.6 Å². The van der Waals surface area contributed by atoms with E-state index in [9.17, 15) is 14.0 Å². The summed E-state index contributed by atoms with van der Waals surface area (Å²) in [5, 5.41) is 10.3. The molecule has 5 rings (SSSR count). The zero-order valence-electron chi connectivity index (χ0n) is 16.3. The molecule has 2 aliphatic carbocycles. The van der Waals surface area contributed by atoms with Crippen LogP contribution in [0.5, 0.6) is 0 Å². The highest BCUT2D eigenvalue weighted by atomic mass is 19.1. The number of hydrogen-bond acceptors (Lipinski definition) is 3. The van der Waals surface area contributed by atoms with E-state index in [0.29, 0.717) is 17.1 Å². The summed E-state index contributed by atoms with van der Waals surface area (Å²) in [5.74, 6) is -0.391. The van der Waals surface area contributed by atoms with Crippen molar-refractivity contribution < 1.29 is 14.0 Å². The molecule has 0 atom stereocenters. The number of nitrogens with one attached hydrogen (secondary N) is 2. The minimum atomic E-state index is -0.308. The van der Waals surface area contributed by atoms with Crippen molar-refractivity contribution in [1.82, 2.24) is 9.78 Å². The number of hydrogen-bond donors (Lipinski definition) is 2. The Hall–Kier alpha value is -3.48. The zero-order valence-corrected chi connectivity index (χ0v) is 16.3. The largest absolute Gasteiger partial charge is 0.326 e. The van der Waals surface area contributed by atoms with Crippen molar-refractivity contribution in [2.24, 2.45) is 5.92 Å². The zero-order chi connectivity index (χ0) is 20.7. The van der Waals surface area contributed by atoms with Crippen LogP contribution in [-0.4, -0.2) is 21.6 Å². The number of rotatable bonds is 5. The fourth-order valence-corrected chi connectivity index (χ4v) is 3.83. The summed E-state index contributed by atoms with van der Waals surface area (Å²) in [6.45, 7) is 0. The lowest BCUT2D eigenvalue weighted by molar-refractivity contribution is -0.117. The van der Waals surface area contributed by atoms with Gasteiger partial charge in [0.25, 0.3) is 5.91 Å². The van der Waals surface area contributed by atoms with E-state index in [1.165, 1.54) is 12.1 Å². The van der Waals surface area contributed by atoms with Crippen molar-refractivity contribution in [3.05, 3.63) is 71.3 Å². The minimum Gasteiger partial charge on any atom is -0.326 e. The molecule has 0 bridgehead atoms. The van der Waals surface area contributed by atoms with Crippen LogP contribution in [0.3, 0.4) is 0 Å². The maximum atomic E-state index is 13.3. The quantitative estimate of drug-likeness (QED) is 0.672. The van der Waals surface area contributed by atoms with E-state index in [2.05, 4.69) is 15.7 Å². The fraction of sp³-hybridized carbons (Fsp3) is 0.261. The molecule has 0 radical (unpaired) electrons. The first-order chi connectivity index (χ1) is 14.6. The molecular formula is C23H21FN4O2. The monoisotopic (exact) mass is 404 g/mol. The van der Waals surface area contributed by atoms with Crippen LogP contribution in [0.15, 0.2) is 48.5 Å². The molecule has 2 aliphatic rings. The molecule has 0 spiro atoms. The topological polar surface area (TPSA) is 76.0 Å². The number of aromatic nitrogens is 2. The molecule has 0 saturated heterocycles.